The zero-order chi connectivity index (χ0) is 18.5. The third kappa shape index (κ3) is 3.87. The highest BCUT2D eigenvalue weighted by Gasteiger charge is 2.11. The molecule has 3 aromatic rings. The molecule has 0 aliphatic rings. The molecule has 3 rings (SSSR count). The van der Waals surface area contributed by atoms with Gasteiger partial charge >= 0.3 is 0 Å². The summed E-state index contributed by atoms with van der Waals surface area (Å²) >= 11 is 0. The fourth-order valence-electron chi connectivity index (χ4n) is 2.62. The Kier molecular flexibility index (Phi) is 4.95. The van der Waals surface area contributed by atoms with Gasteiger partial charge in [-0.2, -0.15) is 5.26 Å². The van der Waals surface area contributed by atoms with Crippen LogP contribution in [0.3, 0.4) is 0 Å². The molecule has 0 spiro atoms. The maximum Gasteiger partial charge on any atom is 0.274 e. The molecule has 0 unspecified atom stereocenters. The summed E-state index contributed by atoms with van der Waals surface area (Å²) in [5.41, 5.74) is 5.27. The molecule has 5 nitrogen and oxygen atoms in total. The van der Waals surface area contributed by atoms with Crippen LogP contribution in [-0.2, 0) is 0 Å². The summed E-state index contributed by atoms with van der Waals surface area (Å²) in [6.45, 7) is 3.91. The van der Waals surface area contributed by atoms with E-state index < -0.39 is 0 Å². The van der Waals surface area contributed by atoms with Gasteiger partial charge < -0.3 is 10.6 Å². The van der Waals surface area contributed by atoms with Crippen LogP contribution in [0.2, 0.25) is 0 Å². The standard InChI is InChI=1S/C21H18N4O/c1-14-5-3-6-15(2)20(14)25-21(26)19-10-9-18(13-23-19)24-17-8-4-7-16(11-17)12-22/h3-11,13,24H,1-2H3,(H,25,26). The Bertz CT molecular complexity index is 967. The van der Waals surface area contributed by atoms with E-state index in [1.807, 2.05) is 38.1 Å². The van der Waals surface area contributed by atoms with Crippen LogP contribution in [0, 0.1) is 25.2 Å². The van der Waals surface area contributed by atoms with Crippen molar-refractivity contribution in [2.75, 3.05) is 10.6 Å². The monoisotopic (exact) mass is 342 g/mol. The smallest absolute Gasteiger partial charge is 0.274 e. The molecule has 0 saturated carbocycles. The van der Waals surface area contributed by atoms with Gasteiger partial charge in [0.1, 0.15) is 5.69 Å². The molecule has 1 amide bonds. The zero-order valence-electron chi connectivity index (χ0n) is 14.6. The van der Waals surface area contributed by atoms with Gasteiger partial charge in [-0.1, -0.05) is 24.3 Å². The second-order valence-corrected chi connectivity index (χ2v) is 5.97. The number of hydrogen-bond donors (Lipinski definition) is 2. The largest absolute Gasteiger partial charge is 0.354 e. The highest BCUT2D eigenvalue weighted by Crippen LogP contribution is 2.21. The van der Waals surface area contributed by atoms with E-state index in [1.165, 1.54) is 0 Å². The summed E-state index contributed by atoms with van der Waals surface area (Å²) in [5.74, 6) is -0.250. The van der Waals surface area contributed by atoms with Crippen LogP contribution >= 0.6 is 0 Å². The Hall–Kier alpha value is -3.65. The number of para-hydroxylation sites is 1. The number of aromatic nitrogens is 1. The maximum atomic E-state index is 12.4. The van der Waals surface area contributed by atoms with Crippen molar-refractivity contribution >= 4 is 23.0 Å². The minimum atomic E-state index is -0.250. The average molecular weight is 342 g/mol. The second kappa shape index (κ2) is 7.49. The number of hydrogen-bond acceptors (Lipinski definition) is 4. The number of rotatable bonds is 4. The Morgan fingerprint density at radius 1 is 1.00 bits per heavy atom. The first-order valence-electron chi connectivity index (χ1n) is 8.17. The first-order valence-corrected chi connectivity index (χ1v) is 8.17. The SMILES string of the molecule is Cc1cccc(C)c1NC(=O)c1ccc(Nc2cccc(C#N)c2)cn1. The highest BCUT2D eigenvalue weighted by molar-refractivity contribution is 6.03. The summed E-state index contributed by atoms with van der Waals surface area (Å²) < 4.78 is 0. The number of carbonyl (C=O) groups is 1. The molecule has 0 fully saturated rings. The number of aryl methyl sites for hydroxylation is 2. The van der Waals surface area contributed by atoms with Crippen molar-refractivity contribution < 1.29 is 4.79 Å². The lowest BCUT2D eigenvalue weighted by atomic mass is 10.1. The number of nitrogens with zero attached hydrogens (tertiary/aromatic N) is 2. The Labute approximate surface area is 152 Å². The Morgan fingerprint density at radius 3 is 2.38 bits per heavy atom. The highest BCUT2D eigenvalue weighted by atomic mass is 16.1. The van der Waals surface area contributed by atoms with Gasteiger partial charge in [0.2, 0.25) is 0 Å². The van der Waals surface area contributed by atoms with E-state index in [1.54, 1.807) is 36.5 Å². The first kappa shape index (κ1) is 17.2. The molecule has 0 atom stereocenters. The molecule has 0 radical (unpaired) electrons. The lowest BCUT2D eigenvalue weighted by Crippen LogP contribution is -2.15. The Balaban J connectivity index is 1.73. The predicted octanol–water partition coefficient (Wildman–Crippen LogP) is 4.57. The van der Waals surface area contributed by atoms with Crippen LogP contribution < -0.4 is 10.6 Å². The molecule has 1 heterocycles. The summed E-state index contributed by atoms with van der Waals surface area (Å²) in [6, 6.07) is 18.6. The van der Waals surface area contributed by atoms with E-state index >= 15 is 0 Å². The second-order valence-electron chi connectivity index (χ2n) is 5.97. The molecular weight excluding hydrogens is 324 g/mol. The number of pyridine rings is 1. The molecule has 0 aliphatic carbocycles. The molecule has 1 aromatic heterocycles. The van der Waals surface area contributed by atoms with Gasteiger partial charge in [-0.15, -0.1) is 0 Å². The van der Waals surface area contributed by atoms with Crippen molar-refractivity contribution in [3.8, 4) is 6.07 Å². The van der Waals surface area contributed by atoms with Crippen molar-refractivity contribution in [2.24, 2.45) is 0 Å². The molecule has 5 heteroatoms. The van der Waals surface area contributed by atoms with Crippen molar-refractivity contribution in [1.82, 2.24) is 4.98 Å². The van der Waals surface area contributed by atoms with Crippen molar-refractivity contribution in [2.45, 2.75) is 13.8 Å². The number of benzene rings is 2. The van der Waals surface area contributed by atoms with Crippen LogP contribution in [0.15, 0.2) is 60.8 Å². The number of nitrogens with one attached hydrogen (secondary N) is 2. The molecule has 26 heavy (non-hydrogen) atoms. The summed E-state index contributed by atoms with van der Waals surface area (Å²) in [4.78, 5) is 16.7. The van der Waals surface area contributed by atoms with Gasteiger partial charge in [0.25, 0.3) is 5.91 Å². The van der Waals surface area contributed by atoms with Crippen molar-refractivity contribution in [3.05, 3.63) is 83.2 Å². The minimum absolute atomic E-state index is 0.250. The summed E-state index contributed by atoms with van der Waals surface area (Å²) in [7, 11) is 0. The van der Waals surface area contributed by atoms with Crippen molar-refractivity contribution in [3.63, 3.8) is 0 Å². The third-order valence-electron chi connectivity index (χ3n) is 4.00. The molecule has 128 valence electrons. The normalized spacial score (nSPS) is 10.0. The molecule has 2 aromatic carbocycles. The van der Waals surface area contributed by atoms with Crippen LogP contribution in [0.25, 0.3) is 0 Å². The molecule has 0 aliphatic heterocycles. The lowest BCUT2D eigenvalue weighted by Gasteiger charge is -2.11. The van der Waals surface area contributed by atoms with E-state index in [0.717, 1.165) is 28.2 Å². The van der Waals surface area contributed by atoms with Crippen LogP contribution in [0.5, 0.6) is 0 Å². The summed E-state index contributed by atoms with van der Waals surface area (Å²) in [5, 5.41) is 15.0. The van der Waals surface area contributed by atoms with E-state index in [2.05, 4.69) is 21.7 Å². The quantitative estimate of drug-likeness (QED) is 0.728. The van der Waals surface area contributed by atoms with E-state index in [-0.39, 0.29) is 5.91 Å². The molecule has 0 bridgehead atoms. The number of anilines is 3. The fraction of sp³-hybridized carbons (Fsp3) is 0.0952. The van der Waals surface area contributed by atoms with Gasteiger partial charge in [0, 0.05) is 11.4 Å². The Morgan fingerprint density at radius 2 is 1.73 bits per heavy atom. The lowest BCUT2D eigenvalue weighted by molar-refractivity contribution is 0.102. The van der Waals surface area contributed by atoms with Crippen molar-refractivity contribution in [1.29, 1.82) is 5.26 Å². The minimum Gasteiger partial charge on any atom is -0.354 e. The fourth-order valence-corrected chi connectivity index (χ4v) is 2.62. The number of nitriles is 1. The maximum absolute atomic E-state index is 12.4. The van der Waals surface area contributed by atoms with E-state index in [9.17, 15) is 4.79 Å². The molecule has 2 N–H and O–H groups in total. The van der Waals surface area contributed by atoms with E-state index in [0.29, 0.717) is 11.3 Å². The van der Waals surface area contributed by atoms with Gasteiger partial charge in [0.15, 0.2) is 0 Å². The summed E-state index contributed by atoms with van der Waals surface area (Å²) in [6.07, 6.45) is 1.60. The van der Waals surface area contributed by atoms with Gasteiger partial charge in [-0.3, -0.25) is 4.79 Å². The average Bonchev–Trinajstić information content (AvgIpc) is 2.65. The number of carbonyl (C=O) groups excluding carboxylic acids is 1. The van der Waals surface area contributed by atoms with Crippen LogP contribution in [0.4, 0.5) is 17.1 Å². The molecule has 0 saturated heterocycles. The third-order valence-corrected chi connectivity index (χ3v) is 4.00. The van der Waals surface area contributed by atoms with Crippen LogP contribution in [-0.4, -0.2) is 10.9 Å². The first-order chi connectivity index (χ1) is 12.6. The topological polar surface area (TPSA) is 77.8 Å². The predicted molar refractivity (Wildman–Crippen MR) is 103 cm³/mol. The van der Waals surface area contributed by atoms with Gasteiger partial charge in [-0.05, 0) is 55.3 Å². The number of amides is 1. The molecular formula is C21H18N4O. The van der Waals surface area contributed by atoms with E-state index in [4.69, 9.17) is 5.26 Å². The van der Waals surface area contributed by atoms with Gasteiger partial charge in [0.05, 0.1) is 23.5 Å². The van der Waals surface area contributed by atoms with Crippen LogP contribution in [0.1, 0.15) is 27.2 Å². The zero-order valence-corrected chi connectivity index (χ0v) is 14.6. The van der Waals surface area contributed by atoms with Gasteiger partial charge in [-0.25, -0.2) is 4.98 Å².